The largest absolute Gasteiger partial charge is 0.295 e. The van der Waals surface area contributed by atoms with Crippen LogP contribution in [0.25, 0.3) is 0 Å². The predicted molar refractivity (Wildman–Crippen MR) is 53.0 cm³/mol. The molecule has 0 spiro atoms. The summed E-state index contributed by atoms with van der Waals surface area (Å²) in [6.07, 6.45) is 8.70. The van der Waals surface area contributed by atoms with Gasteiger partial charge >= 0.3 is 0 Å². The Morgan fingerprint density at radius 3 is 2.58 bits per heavy atom. The van der Waals surface area contributed by atoms with Crippen LogP contribution in [0.4, 0.5) is 0 Å². The molecular formula is C11H16O. The van der Waals surface area contributed by atoms with E-state index >= 15 is 0 Å². The van der Waals surface area contributed by atoms with Gasteiger partial charge in [-0.2, -0.15) is 0 Å². The molecule has 0 aliphatic carbocycles. The van der Waals surface area contributed by atoms with E-state index in [1.54, 1.807) is 6.08 Å². The maximum absolute atomic E-state index is 10.8. The Kier molecular flexibility index (Phi) is 5.98. The van der Waals surface area contributed by atoms with Crippen LogP contribution in [0, 0.1) is 0 Å². The van der Waals surface area contributed by atoms with Gasteiger partial charge in [-0.3, -0.25) is 4.79 Å². The Bertz CT molecular complexity index is 209. The molecule has 66 valence electrons. The summed E-state index contributed by atoms with van der Waals surface area (Å²) in [5.74, 6) is 0.170. The second kappa shape index (κ2) is 6.59. The number of hydrogen-bond donors (Lipinski definition) is 0. The van der Waals surface area contributed by atoms with Gasteiger partial charge in [0.1, 0.15) is 0 Å². The predicted octanol–water partition coefficient (Wildman–Crippen LogP) is 3.04. The highest BCUT2D eigenvalue weighted by Gasteiger charge is 1.88. The fraction of sp³-hybridized carbons (Fsp3) is 0.364. The standard InChI is InChI=1S/C11H16O/c1-4-7-10(3)8-6-9-11(12)5-2/h4,6-7,9H,3,5,8H2,1-2H3/b7-4-,9-6+. The summed E-state index contributed by atoms with van der Waals surface area (Å²) in [6, 6.07) is 0. The minimum atomic E-state index is 0.170. The normalized spacial score (nSPS) is 11.2. The lowest BCUT2D eigenvalue weighted by Crippen LogP contribution is -1.86. The topological polar surface area (TPSA) is 17.1 Å². The van der Waals surface area contributed by atoms with Crippen molar-refractivity contribution in [2.45, 2.75) is 26.7 Å². The summed E-state index contributed by atoms with van der Waals surface area (Å²) in [7, 11) is 0. The van der Waals surface area contributed by atoms with Crippen molar-refractivity contribution in [2.24, 2.45) is 0 Å². The lowest BCUT2D eigenvalue weighted by molar-refractivity contribution is -0.114. The molecule has 1 nitrogen and oxygen atoms in total. The van der Waals surface area contributed by atoms with Gasteiger partial charge in [-0.25, -0.2) is 0 Å². The molecular weight excluding hydrogens is 148 g/mol. The average Bonchev–Trinajstić information content (AvgIpc) is 2.04. The van der Waals surface area contributed by atoms with Gasteiger partial charge in [0.25, 0.3) is 0 Å². The van der Waals surface area contributed by atoms with Crippen LogP contribution in [0.1, 0.15) is 26.7 Å². The molecule has 0 aromatic carbocycles. The quantitative estimate of drug-likeness (QED) is 0.451. The zero-order valence-electron chi connectivity index (χ0n) is 7.84. The van der Waals surface area contributed by atoms with Crippen LogP contribution in [-0.2, 0) is 4.79 Å². The maximum atomic E-state index is 10.8. The first-order valence-corrected chi connectivity index (χ1v) is 4.20. The van der Waals surface area contributed by atoms with Crippen LogP contribution >= 0.6 is 0 Å². The van der Waals surface area contributed by atoms with Crippen molar-refractivity contribution in [3.05, 3.63) is 36.5 Å². The maximum Gasteiger partial charge on any atom is 0.155 e. The minimum absolute atomic E-state index is 0.170. The Morgan fingerprint density at radius 2 is 2.08 bits per heavy atom. The van der Waals surface area contributed by atoms with Crippen molar-refractivity contribution in [2.75, 3.05) is 0 Å². The molecule has 0 aromatic heterocycles. The van der Waals surface area contributed by atoms with E-state index in [4.69, 9.17) is 0 Å². The first kappa shape index (κ1) is 10.9. The third-order valence-corrected chi connectivity index (χ3v) is 1.43. The molecule has 1 heteroatoms. The minimum Gasteiger partial charge on any atom is -0.295 e. The van der Waals surface area contributed by atoms with Crippen LogP contribution in [0.15, 0.2) is 36.5 Å². The number of carbonyl (C=O) groups excluding carboxylic acids is 1. The van der Waals surface area contributed by atoms with Gasteiger partial charge in [0.15, 0.2) is 5.78 Å². The molecule has 0 saturated carbocycles. The third-order valence-electron chi connectivity index (χ3n) is 1.43. The smallest absolute Gasteiger partial charge is 0.155 e. The molecule has 0 aliphatic rings. The van der Waals surface area contributed by atoms with Crippen LogP contribution in [0.2, 0.25) is 0 Å². The summed E-state index contributed by atoms with van der Waals surface area (Å²) in [6.45, 7) is 7.62. The summed E-state index contributed by atoms with van der Waals surface area (Å²) in [5, 5.41) is 0. The van der Waals surface area contributed by atoms with Crippen molar-refractivity contribution in [3.8, 4) is 0 Å². The number of ketones is 1. The third kappa shape index (κ3) is 5.66. The first-order valence-electron chi connectivity index (χ1n) is 4.20. The monoisotopic (exact) mass is 164 g/mol. The van der Waals surface area contributed by atoms with Gasteiger partial charge in [0.2, 0.25) is 0 Å². The van der Waals surface area contributed by atoms with Gasteiger partial charge in [0, 0.05) is 6.42 Å². The average molecular weight is 164 g/mol. The summed E-state index contributed by atoms with van der Waals surface area (Å²) >= 11 is 0. The van der Waals surface area contributed by atoms with Gasteiger partial charge in [-0.1, -0.05) is 37.3 Å². The molecule has 0 bridgehead atoms. The van der Waals surface area contributed by atoms with Gasteiger partial charge in [0.05, 0.1) is 0 Å². The van der Waals surface area contributed by atoms with Crippen LogP contribution in [0.3, 0.4) is 0 Å². The van der Waals surface area contributed by atoms with Crippen molar-refractivity contribution >= 4 is 5.78 Å². The van der Waals surface area contributed by atoms with E-state index in [0.717, 1.165) is 12.0 Å². The van der Waals surface area contributed by atoms with E-state index < -0.39 is 0 Å². The van der Waals surface area contributed by atoms with Crippen LogP contribution < -0.4 is 0 Å². The first-order chi connectivity index (χ1) is 5.70. The molecule has 0 aliphatic heterocycles. The van der Waals surface area contributed by atoms with E-state index in [-0.39, 0.29) is 5.78 Å². The van der Waals surface area contributed by atoms with E-state index in [2.05, 4.69) is 6.58 Å². The Hall–Kier alpha value is -1.11. The van der Waals surface area contributed by atoms with E-state index in [9.17, 15) is 4.79 Å². The highest BCUT2D eigenvalue weighted by molar-refractivity contribution is 5.89. The van der Waals surface area contributed by atoms with E-state index in [0.29, 0.717) is 6.42 Å². The van der Waals surface area contributed by atoms with Gasteiger partial charge in [-0.15, -0.1) is 0 Å². The summed E-state index contributed by atoms with van der Waals surface area (Å²) in [5.41, 5.74) is 1.03. The number of allylic oxidation sites excluding steroid dienone is 5. The number of rotatable bonds is 5. The summed E-state index contributed by atoms with van der Waals surface area (Å²) in [4.78, 5) is 10.8. The molecule has 12 heavy (non-hydrogen) atoms. The van der Waals surface area contributed by atoms with Gasteiger partial charge in [-0.05, 0) is 19.4 Å². The van der Waals surface area contributed by atoms with Crippen molar-refractivity contribution in [1.82, 2.24) is 0 Å². The number of hydrogen-bond acceptors (Lipinski definition) is 1. The molecule has 0 atom stereocenters. The number of carbonyl (C=O) groups is 1. The highest BCUT2D eigenvalue weighted by Crippen LogP contribution is 2.00. The van der Waals surface area contributed by atoms with Crippen molar-refractivity contribution in [1.29, 1.82) is 0 Å². The van der Waals surface area contributed by atoms with E-state index in [1.165, 1.54) is 0 Å². The Balaban J connectivity index is 3.74. The van der Waals surface area contributed by atoms with Crippen LogP contribution in [-0.4, -0.2) is 5.78 Å². The molecule has 0 radical (unpaired) electrons. The second-order valence-corrected chi connectivity index (χ2v) is 2.58. The highest BCUT2D eigenvalue weighted by atomic mass is 16.1. The van der Waals surface area contributed by atoms with Gasteiger partial charge < -0.3 is 0 Å². The molecule has 0 fully saturated rings. The fourth-order valence-corrected chi connectivity index (χ4v) is 0.763. The Labute approximate surface area is 74.5 Å². The SMILES string of the molecule is C=C(/C=C\C)C/C=C/C(=O)CC. The zero-order chi connectivity index (χ0) is 9.40. The molecule has 0 heterocycles. The lowest BCUT2D eigenvalue weighted by atomic mass is 10.2. The molecule has 0 amide bonds. The fourth-order valence-electron chi connectivity index (χ4n) is 0.763. The Morgan fingerprint density at radius 1 is 1.42 bits per heavy atom. The molecule has 0 rings (SSSR count). The van der Waals surface area contributed by atoms with Crippen LogP contribution in [0.5, 0.6) is 0 Å². The van der Waals surface area contributed by atoms with E-state index in [1.807, 2.05) is 32.1 Å². The second-order valence-electron chi connectivity index (χ2n) is 2.58. The molecule has 0 saturated heterocycles. The zero-order valence-corrected chi connectivity index (χ0v) is 7.84. The van der Waals surface area contributed by atoms with Crippen molar-refractivity contribution in [3.63, 3.8) is 0 Å². The van der Waals surface area contributed by atoms with Crippen molar-refractivity contribution < 1.29 is 4.79 Å². The summed E-state index contributed by atoms with van der Waals surface area (Å²) < 4.78 is 0. The lowest BCUT2D eigenvalue weighted by Gasteiger charge is -1.91. The molecule has 0 aromatic rings. The molecule has 0 unspecified atom stereocenters. The molecule has 0 N–H and O–H groups in total.